The lowest BCUT2D eigenvalue weighted by Crippen LogP contribution is -2.27. The fourth-order valence-electron chi connectivity index (χ4n) is 1.74. The summed E-state index contributed by atoms with van der Waals surface area (Å²) < 4.78 is 6.75. The van der Waals surface area contributed by atoms with E-state index in [0.29, 0.717) is 6.61 Å². The van der Waals surface area contributed by atoms with E-state index in [1.54, 1.807) is 0 Å². The van der Waals surface area contributed by atoms with Gasteiger partial charge in [0, 0.05) is 12.6 Å². The molecule has 0 fully saturated rings. The minimum atomic E-state index is 0.0472. The molecule has 3 nitrogen and oxygen atoms in total. The molecule has 2 N–H and O–H groups in total. The van der Waals surface area contributed by atoms with Gasteiger partial charge in [-0.2, -0.15) is 0 Å². The first-order valence-corrected chi connectivity index (χ1v) is 7.28. The molecule has 18 heavy (non-hydrogen) atoms. The van der Waals surface area contributed by atoms with E-state index < -0.39 is 0 Å². The van der Waals surface area contributed by atoms with E-state index in [1.807, 2.05) is 25.1 Å². The third-order valence-electron chi connectivity index (χ3n) is 3.04. The topological polar surface area (TPSA) is 38.5 Å². The molecule has 1 aromatic carbocycles. The van der Waals surface area contributed by atoms with E-state index in [-0.39, 0.29) is 6.04 Å². The molecule has 0 spiro atoms. The van der Waals surface area contributed by atoms with Crippen molar-refractivity contribution in [1.29, 1.82) is 0 Å². The zero-order valence-corrected chi connectivity index (χ0v) is 13.0. The molecular formula is C14H23BrN2O. The van der Waals surface area contributed by atoms with Gasteiger partial charge in [-0.3, -0.25) is 0 Å². The maximum atomic E-state index is 5.84. The summed E-state index contributed by atoms with van der Waals surface area (Å²) in [6.45, 7) is 10.1. The summed E-state index contributed by atoms with van der Waals surface area (Å²) in [5.74, 6) is 0.881. The molecular weight excluding hydrogens is 292 g/mol. The van der Waals surface area contributed by atoms with Gasteiger partial charge in [0.15, 0.2) is 0 Å². The molecule has 0 bridgehead atoms. The smallest absolute Gasteiger partial charge is 0.133 e. The molecule has 0 aromatic heterocycles. The van der Waals surface area contributed by atoms with Crippen LogP contribution in [0.5, 0.6) is 5.75 Å². The molecule has 0 saturated carbocycles. The normalized spacial score (nSPS) is 12.8. The van der Waals surface area contributed by atoms with Gasteiger partial charge in [0.2, 0.25) is 0 Å². The third-order valence-corrected chi connectivity index (χ3v) is 3.66. The van der Waals surface area contributed by atoms with Crippen LogP contribution in [0.2, 0.25) is 0 Å². The zero-order chi connectivity index (χ0) is 13.5. The van der Waals surface area contributed by atoms with E-state index >= 15 is 0 Å². The molecule has 0 aliphatic carbocycles. The van der Waals surface area contributed by atoms with Crippen molar-refractivity contribution in [3.8, 4) is 5.75 Å². The van der Waals surface area contributed by atoms with Crippen LogP contribution in [0.25, 0.3) is 0 Å². The van der Waals surface area contributed by atoms with Crippen molar-refractivity contribution >= 4 is 15.9 Å². The summed E-state index contributed by atoms with van der Waals surface area (Å²) >= 11 is 3.52. The fourth-order valence-corrected chi connectivity index (χ4v) is 2.25. The van der Waals surface area contributed by atoms with Crippen molar-refractivity contribution in [2.75, 3.05) is 26.2 Å². The Morgan fingerprint density at radius 1 is 1.33 bits per heavy atom. The van der Waals surface area contributed by atoms with Gasteiger partial charge in [-0.1, -0.05) is 19.9 Å². The average molecular weight is 315 g/mol. The predicted molar refractivity (Wildman–Crippen MR) is 80.0 cm³/mol. The Hall–Kier alpha value is -0.580. The largest absolute Gasteiger partial charge is 0.491 e. The van der Waals surface area contributed by atoms with Gasteiger partial charge in [-0.25, -0.2) is 0 Å². The Kier molecular flexibility index (Phi) is 6.68. The van der Waals surface area contributed by atoms with Gasteiger partial charge >= 0.3 is 0 Å². The quantitative estimate of drug-likeness (QED) is 0.840. The monoisotopic (exact) mass is 314 g/mol. The highest BCUT2D eigenvalue weighted by Gasteiger charge is 2.06. The number of benzene rings is 1. The molecule has 0 amide bonds. The van der Waals surface area contributed by atoms with Gasteiger partial charge in [0.25, 0.3) is 0 Å². The molecule has 0 saturated heterocycles. The van der Waals surface area contributed by atoms with Gasteiger partial charge in [-0.15, -0.1) is 0 Å². The van der Waals surface area contributed by atoms with Crippen molar-refractivity contribution in [1.82, 2.24) is 4.90 Å². The van der Waals surface area contributed by atoms with Crippen molar-refractivity contribution in [3.63, 3.8) is 0 Å². The van der Waals surface area contributed by atoms with Crippen molar-refractivity contribution in [3.05, 3.63) is 28.2 Å². The van der Waals surface area contributed by atoms with E-state index in [0.717, 1.165) is 35.4 Å². The standard InChI is InChI=1S/C14H23BrN2O/c1-4-17(5-2)8-9-18-14-7-6-12(11(3)16)10-13(14)15/h6-7,10-11H,4-5,8-9,16H2,1-3H3. The van der Waals surface area contributed by atoms with E-state index in [4.69, 9.17) is 10.5 Å². The van der Waals surface area contributed by atoms with Gasteiger partial charge in [0.1, 0.15) is 12.4 Å². The lowest BCUT2D eigenvalue weighted by molar-refractivity contribution is 0.222. The Morgan fingerprint density at radius 2 is 2.00 bits per heavy atom. The average Bonchev–Trinajstić information content (AvgIpc) is 2.36. The third kappa shape index (κ3) is 4.59. The second-order valence-corrected chi connectivity index (χ2v) is 5.21. The van der Waals surface area contributed by atoms with Crippen LogP contribution in [0.3, 0.4) is 0 Å². The number of hydrogen-bond acceptors (Lipinski definition) is 3. The second kappa shape index (κ2) is 7.77. The van der Waals surface area contributed by atoms with Crippen LogP contribution in [0.1, 0.15) is 32.4 Å². The van der Waals surface area contributed by atoms with E-state index in [1.165, 1.54) is 0 Å². The SMILES string of the molecule is CCN(CC)CCOc1ccc(C(C)N)cc1Br. The number of nitrogens with two attached hydrogens (primary N) is 1. The highest BCUT2D eigenvalue weighted by Crippen LogP contribution is 2.27. The maximum Gasteiger partial charge on any atom is 0.133 e. The van der Waals surface area contributed by atoms with Crippen molar-refractivity contribution in [2.24, 2.45) is 5.73 Å². The van der Waals surface area contributed by atoms with Crippen LogP contribution in [0.4, 0.5) is 0 Å². The van der Waals surface area contributed by atoms with Crippen LogP contribution in [0, 0.1) is 0 Å². The van der Waals surface area contributed by atoms with Crippen molar-refractivity contribution in [2.45, 2.75) is 26.8 Å². The van der Waals surface area contributed by atoms with Crippen molar-refractivity contribution < 1.29 is 4.74 Å². The lowest BCUT2D eigenvalue weighted by Gasteiger charge is -2.18. The number of halogens is 1. The highest BCUT2D eigenvalue weighted by atomic mass is 79.9. The molecule has 0 radical (unpaired) electrons. The summed E-state index contributed by atoms with van der Waals surface area (Å²) in [6, 6.07) is 6.07. The van der Waals surface area contributed by atoms with E-state index in [9.17, 15) is 0 Å². The van der Waals surface area contributed by atoms with Crippen LogP contribution in [-0.2, 0) is 0 Å². The first-order valence-electron chi connectivity index (χ1n) is 6.48. The minimum Gasteiger partial charge on any atom is -0.491 e. The molecule has 1 rings (SSSR count). The van der Waals surface area contributed by atoms with Crippen LogP contribution in [0.15, 0.2) is 22.7 Å². The molecule has 4 heteroatoms. The predicted octanol–water partition coefficient (Wildman–Crippen LogP) is 3.19. The number of likely N-dealkylation sites (N-methyl/N-ethyl adjacent to an activating group) is 1. The number of ether oxygens (including phenoxy) is 1. The summed E-state index contributed by atoms with van der Waals surface area (Å²) in [6.07, 6.45) is 0. The molecule has 0 aliphatic rings. The Bertz CT molecular complexity index is 365. The van der Waals surface area contributed by atoms with Crippen LogP contribution < -0.4 is 10.5 Å². The number of hydrogen-bond donors (Lipinski definition) is 1. The van der Waals surface area contributed by atoms with Crippen LogP contribution >= 0.6 is 15.9 Å². The zero-order valence-electron chi connectivity index (χ0n) is 11.4. The van der Waals surface area contributed by atoms with E-state index in [2.05, 4.69) is 34.7 Å². The van der Waals surface area contributed by atoms with Crippen LogP contribution in [-0.4, -0.2) is 31.1 Å². The lowest BCUT2D eigenvalue weighted by atomic mass is 10.1. The van der Waals surface area contributed by atoms with Gasteiger partial charge in [0.05, 0.1) is 4.47 Å². The Balaban J connectivity index is 2.53. The Morgan fingerprint density at radius 3 is 2.50 bits per heavy atom. The van der Waals surface area contributed by atoms with Gasteiger partial charge in [-0.05, 0) is 53.6 Å². The summed E-state index contributed by atoms with van der Waals surface area (Å²) in [7, 11) is 0. The Labute approximate surface area is 118 Å². The first-order chi connectivity index (χ1) is 8.58. The molecule has 0 aliphatic heterocycles. The summed E-state index contributed by atoms with van der Waals surface area (Å²) in [5.41, 5.74) is 6.95. The number of rotatable bonds is 7. The second-order valence-electron chi connectivity index (χ2n) is 4.35. The number of nitrogens with zero attached hydrogens (tertiary/aromatic N) is 1. The summed E-state index contributed by atoms with van der Waals surface area (Å²) in [5, 5.41) is 0. The highest BCUT2D eigenvalue weighted by molar-refractivity contribution is 9.10. The fraction of sp³-hybridized carbons (Fsp3) is 0.571. The molecule has 1 atom stereocenters. The minimum absolute atomic E-state index is 0.0472. The first kappa shape index (κ1) is 15.5. The molecule has 0 heterocycles. The molecule has 1 unspecified atom stereocenters. The molecule has 102 valence electrons. The maximum absolute atomic E-state index is 5.84. The van der Waals surface area contributed by atoms with Gasteiger partial charge < -0.3 is 15.4 Å². The molecule has 1 aromatic rings. The summed E-state index contributed by atoms with van der Waals surface area (Å²) in [4.78, 5) is 2.34.